The van der Waals surface area contributed by atoms with E-state index >= 15 is 0 Å². The normalized spacial score (nSPS) is 28.1. The van der Waals surface area contributed by atoms with Crippen molar-refractivity contribution in [2.24, 2.45) is 17.8 Å². The minimum Gasteiger partial charge on any atom is -0.496 e. The molecule has 0 aliphatic heterocycles. The average Bonchev–Trinajstić information content (AvgIpc) is 3.28. The number of rotatable bonds is 5. The standard InChI is InChI=1S/C26H26N2O4/c1-31-22-7-6-20(11-21(22)26-12-15-8-16(13-26)10-17(9-15)14-26)24-28-27-23(32-24)18-2-4-19(5-3-18)25(29)30/h2-7,11,15-17H,8-10,12-14H2,1H3,(H,29,30). The van der Waals surface area contributed by atoms with E-state index in [1.54, 1.807) is 31.4 Å². The fourth-order valence-corrected chi connectivity index (χ4v) is 6.91. The average molecular weight is 431 g/mol. The fourth-order valence-electron chi connectivity index (χ4n) is 6.91. The van der Waals surface area contributed by atoms with Crippen molar-refractivity contribution in [1.82, 2.24) is 10.2 Å². The second-order valence-corrected chi connectivity index (χ2v) is 9.91. The van der Waals surface area contributed by atoms with E-state index in [-0.39, 0.29) is 11.0 Å². The summed E-state index contributed by atoms with van der Waals surface area (Å²) in [6, 6.07) is 12.7. The molecular weight excluding hydrogens is 404 g/mol. The third-order valence-electron chi connectivity index (χ3n) is 7.86. The first-order chi connectivity index (χ1) is 15.5. The number of carboxylic acids is 1. The van der Waals surface area contributed by atoms with Crippen LogP contribution >= 0.6 is 0 Å². The van der Waals surface area contributed by atoms with E-state index < -0.39 is 5.97 Å². The predicted octanol–water partition coefficient (Wildman–Crippen LogP) is 5.58. The van der Waals surface area contributed by atoms with Gasteiger partial charge >= 0.3 is 5.97 Å². The lowest BCUT2D eigenvalue weighted by Gasteiger charge is -2.57. The van der Waals surface area contributed by atoms with Gasteiger partial charge in [0.2, 0.25) is 11.8 Å². The number of benzene rings is 2. The summed E-state index contributed by atoms with van der Waals surface area (Å²) in [6.07, 6.45) is 7.95. The smallest absolute Gasteiger partial charge is 0.335 e. The highest BCUT2D eigenvalue weighted by molar-refractivity contribution is 5.88. The Hall–Kier alpha value is -3.15. The number of methoxy groups -OCH3 is 1. The summed E-state index contributed by atoms with van der Waals surface area (Å²) in [5, 5.41) is 17.6. The topological polar surface area (TPSA) is 85.5 Å². The molecule has 32 heavy (non-hydrogen) atoms. The zero-order valence-corrected chi connectivity index (χ0v) is 18.1. The van der Waals surface area contributed by atoms with Crippen LogP contribution in [0.3, 0.4) is 0 Å². The molecule has 0 spiro atoms. The Labute approximate surface area is 186 Å². The van der Waals surface area contributed by atoms with Crippen LogP contribution in [0, 0.1) is 17.8 Å². The number of ether oxygens (including phenoxy) is 1. The molecule has 0 saturated heterocycles. The third kappa shape index (κ3) is 3.12. The Kier molecular flexibility index (Phi) is 4.39. The van der Waals surface area contributed by atoms with Crippen LogP contribution in [0.5, 0.6) is 5.75 Å². The maximum absolute atomic E-state index is 11.1. The van der Waals surface area contributed by atoms with Gasteiger partial charge in [0, 0.05) is 16.7 Å². The molecule has 1 heterocycles. The highest BCUT2D eigenvalue weighted by Crippen LogP contribution is 2.62. The summed E-state index contributed by atoms with van der Waals surface area (Å²) >= 11 is 0. The van der Waals surface area contributed by atoms with Gasteiger partial charge in [-0.05, 0) is 104 Å². The predicted molar refractivity (Wildman–Crippen MR) is 119 cm³/mol. The van der Waals surface area contributed by atoms with E-state index in [4.69, 9.17) is 14.3 Å². The summed E-state index contributed by atoms with van der Waals surface area (Å²) in [7, 11) is 1.75. The largest absolute Gasteiger partial charge is 0.496 e. The highest BCUT2D eigenvalue weighted by atomic mass is 16.5. The SMILES string of the molecule is COc1ccc(-c2nnc(-c3ccc(C(=O)O)cc3)o2)cc1C12CC3CC(CC(C3)C1)C2. The monoisotopic (exact) mass is 430 g/mol. The highest BCUT2D eigenvalue weighted by Gasteiger charge is 2.52. The van der Waals surface area contributed by atoms with Crippen molar-refractivity contribution in [1.29, 1.82) is 0 Å². The van der Waals surface area contributed by atoms with Gasteiger partial charge in [-0.3, -0.25) is 0 Å². The molecule has 4 aliphatic rings. The van der Waals surface area contributed by atoms with Crippen molar-refractivity contribution < 1.29 is 19.1 Å². The molecule has 7 rings (SSSR count). The zero-order valence-electron chi connectivity index (χ0n) is 18.1. The van der Waals surface area contributed by atoms with E-state index in [0.29, 0.717) is 17.3 Å². The second-order valence-electron chi connectivity index (χ2n) is 9.91. The van der Waals surface area contributed by atoms with Gasteiger partial charge in [0.25, 0.3) is 0 Å². The molecular formula is C26H26N2O4. The molecule has 0 unspecified atom stereocenters. The fraction of sp³-hybridized carbons (Fsp3) is 0.423. The van der Waals surface area contributed by atoms with Crippen LogP contribution in [0.25, 0.3) is 22.9 Å². The van der Waals surface area contributed by atoms with E-state index in [9.17, 15) is 4.79 Å². The molecule has 164 valence electrons. The van der Waals surface area contributed by atoms with E-state index in [1.165, 1.54) is 44.1 Å². The summed E-state index contributed by atoms with van der Waals surface area (Å²) in [6.45, 7) is 0. The van der Waals surface area contributed by atoms with Gasteiger partial charge in [0.15, 0.2) is 0 Å². The number of hydrogen-bond donors (Lipinski definition) is 1. The van der Waals surface area contributed by atoms with E-state index in [2.05, 4.69) is 16.3 Å². The zero-order chi connectivity index (χ0) is 21.9. The van der Waals surface area contributed by atoms with Crippen molar-refractivity contribution in [3.8, 4) is 28.7 Å². The van der Waals surface area contributed by atoms with Gasteiger partial charge in [-0.15, -0.1) is 10.2 Å². The van der Waals surface area contributed by atoms with Crippen molar-refractivity contribution in [3.63, 3.8) is 0 Å². The number of carbonyl (C=O) groups is 1. The van der Waals surface area contributed by atoms with Gasteiger partial charge < -0.3 is 14.3 Å². The van der Waals surface area contributed by atoms with Crippen LogP contribution in [0.1, 0.15) is 54.4 Å². The lowest BCUT2D eigenvalue weighted by atomic mass is 9.48. The first-order valence-electron chi connectivity index (χ1n) is 11.4. The molecule has 1 aromatic heterocycles. The van der Waals surface area contributed by atoms with Crippen molar-refractivity contribution >= 4 is 5.97 Å². The van der Waals surface area contributed by atoms with Crippen molar-refractivity contribution in [2.75, 3.05) is 7.11 Å². The summed E-state index contributed by atoms with van der Waals surface area (Å²) in [5.41, 5.74) is 3.32. The number of nitrogens with zero attached hydrogens (tertiary/aromatic N) is 2. The molecule has 4 aliphatic carbocycles. The first kappa shape index (κ1) is 19.5. The quantitative estimate of drug-likeness (QED) is 0.569. The van der Waals surface area contributed by atoms with E-state index in [1.807, 2.05) is 12.1 Å². The van der Waals surface area contributed by atoms with Crippen LogP contribution in [0.2, 0.25) is 0 Å². The van der Waals surface area contributed by atoms with Gasteiger partial charge in [0.1, 0.15) is 5.75 Å². The Balaban J connectivity index is 1.35. The minimum atomic E-state index is -0.960. The lowest BCUT2D eigenvalue weighted by Crippen LogP contribution is -2.48. The van der Waals surface area contributed by atoms with Gasteiger partial charge in [-0.25, -0.2) is 4.79 Å². The Morgan fingerprint density at radius 2 is 1.50 bits per heavy atom. The molecule has 0 atom stereocenters. The molecule has 4 fully saturated rings. The van der Waals surface area contributed by atoms with Crippen LogP contribution < -0.4 is 4.74 Å². The molecule has 0 amide bonds. The molecule has 6 heteroatoms. The van der Waals surface area contributed by atoms with E-state index in [0.717, 1.165) is 29.1 Å². The molecule has 6 nitrogen and oxygen atoms in total. The maximum Gasteiger partial charge on any atom is 0.335 e. The Morgan fingerprint density at radius 1 is 0.938 bits per heavy atom. The van der Waals surface area contributed by atoms with Crippen molar-refractivity contribution in [3.05, 3.63) is 53.6 Å². The number of carboxylic acid groups (broad SMARTS) is 1. The number of aromatic nitrogens is 2. The summed E-state index contributed by atoms with van der Waals surface area (Å²) in [4.78, 5) is 11.1. The summed E-state index contributed by atoms with van der Waals surface area (Å²) in [5.74, 6) is 3.38. The van der Waals surface area contributed by atoms with Gasteiger partial charge in [-0.2, -0.15) is 0 Å². The van der Waals surface area contributed by atoms with Gasteiger partial charge in [-0.1, -0.05) is 0 Å². The minimum absolute atomic E-state index is 0.200. The third-order valence-corrected chi connectivity index (χ3v) is 7.86. The molecule has 0 radical (unpaired) electrons. The Morgan fingerprint density at radius 3 is 2.06 bits per heavy atom. The maximum atomic E-state index is 11.1. The number of aromatic carboxylic acids is 1. The summed E-state index contributed by atoms with van der Waals surface area (Å²) < 4.78 is 11.8. The van der Waals surface area contributed by atoms with Crippen LogP contribution in [0.4, 0.5) is 0 Å². The Bertz CT molecular complexity index is 1150. The number of hydrogen-bond acceptors (Lipinski definition) is 5. The molecule has 4 saturated carbocycles. The first-order valence-corrected chi connectivity index (χ1v) is 11.4. The van der Waals surface area contributed by atoms with Crippen LogP contribution in [0.15, 0.2) is 46.9 Å². The molecule has 4 bridgehead atoms. The molecule has 1 N–H and O–H groups in total. The lowest BCUT2D eigenvalue weighted by molar-refractivity contribution is -0.00614. The van der Waals surface area contributed by atoms with Crippen molar-refractivity contribution in [2.45, 2.75) is 43.9 Å². The molecule has 2 aromatic carbocycles. The second kappa shape index (κ2) is 7.19. The van der Waals surface area contributed by atoms with Gasteiger partial charge in [0.05, 0.1) is 12.7 Å². The van der Waals surface area contributed by atoms with Crippen LogP contribution in [-0.4, -0.2) is 28.4 Å². The van der Waals surface area contributed by atoms with Crippen LogP contribution in [-0.2, 0) is 5.41 Å². The molecule has 3 aromatic rings.